The zero-order chi connectivity index (χ0) is 20.5. The molecule has 0 atom stereocenters. The minimum atomic E-state index is -0.131. The van der Waals surface area contributed by atoms with Crippen LogP contribution >= 0.6 is 11.3 Å². The van der Waals surface area contributed by atoms with Gasteiger partial charge in [-0.1, -0.05) is 30.3 Å². The molecular weight excluding hydrogens is 388 g/mol. The average Bonchev–Trinajstić information content (AvgIpc) is 3.07. The van der Waals surface area contributed by atoms with Gasteiger partial charge in [0.1, 0.15) is 4.83 Å². The van der Waals surface area contributed by atoms with Crippen molar-refractivity contribution in [3.63, 3.8) is 0 Å². The fourth-order valence-electron chi connectivity index (χ4n) is 3.62. The summed E-state index contributed by atoms with van der Waals surface area (Å²) in [4.78, 5) is 46.7. The Balaban J connectivity index is 1.62. The Bertz CT molecular complexity index is 1130. The number of carbonyl (C=O) groups excluding carboxylic acids is 2. The zero-order valence-electron chi connectivity index (χ0n) is 16.4. The standard InChI is InChI=1S/C21H22N4O3S/c1-14-17-19(22-13-25(20(17)27)12-16-6-4-3-5-7-16)29-18(14)21(28)24-10-8-23(9-11-24)15(2)26/h3-7,13H,8-12H2,1-2H3. The van der Waals surface area contributed by atoms with E-state index < -0.39 is 0 Å². The first-order valence-electron chi connectivity index (χ1n) is 9.53. The van der Waals surface area contributed by atoms with Gasteiger partial charge >= 0.3 is 0 Å². The fourth-order valence-corrected chi connectivity index (χ4v) is 4.73. The summed E-state index contributed by atoms with van der Waals surface area (Å²) < 4.78 is 1.58. The van der Waals surface area contributed by atoms with Gasteiger partial charge in [-0.2, -0.15) is 0 Å². The molecule has 29 heavy (non-hydrogen) atoms. The van der Waals surface area contributed by atoms with Crippen LogP contribution in [0.4, 0.5) is 0 Å². The summed E-state index contributed by atoms with van der Waals surface area (Å²) >= 11 is 1.27. The molecule has 1 aliphatic heterocycles. The Kier molecular flexibility index (Phi) is 5.19. The van der Waals surface area contributed by atoms with E-state index in [-0.39, 0.29) is 17.4 Å². The molecule has 0 unspecified atom stereocenters. The maximum absolute atomic E-state index is 13.1. The summed E-state index contributed by atoms with van der Waals surface area (Å²) in [6, 6.07) is 9.74. The number of hydrogen-bond acceptors (Lipinski definition) is 5. The maximum Gasteiger partial charge on any atom is 0.264 e. The molecular formula is C21H22N4O3S. The highest BCUT2D eigenvalue weighted by molar-refractivity contribution is 7.20. The number of aromatic nitrogens is 2. The van der Waals surface area contributed by atoms with Crippen LogP contribution in [-0.4, -0.2) is 57.3 Å². The van der Waals surface area contributed by atoms with Crippen molar-refractivity contribution in [3.05, 3.63) is 63.0 Å². The lowest BCUT2D eigenvalue weighted by atomic mass is 10.2. The van der Waals surface area contributed by atoms with Crippen molar-refractivity contribution in [2.24, 2.45) is 0 Å². The molecule has 1 aliphatic rings. The molecule has 8 heteroatoms. The van der Waals surface area contributed by atoms with Gasteiger partial charge in [-0.15, -0.1) is 11.3 Å². The summed E-state index contributed by atoms with van der Waals surface area (Å²) in [7, 11) is 0. The van der Waals surface area contributed by atoms with Crippen LogP contribution in [0.25, 0.3) is 10.2 Å². The first-order chi connectivity index (χ1) is 14.0. The van der Waals surface area contributed by atoms with Crippen molar-refractivity contribution < 1.29 is 9.59 Å². The lowest BCUT2D eigenvalue weighted by Gasteiger charge is -2.34. The second-order valence-corrected chi connectivity index (χ2v) is 8.20. The maximum atomic E-state index is 13.1. The molecule has 1 saturated heterocycles. The van der Waals surface area contributed by atoms with Crippen LogP contribution in [0.15, 0.2) is 41.5 Å². The molecule has 3 aromatic rings. The summed E-state index contributed by atoms with van der Waals surface area (Å²) in [6.45, 7) is 5.86. The zero-order valence-corrected chi connectivity index (χ0v) is 17.2. The van der Waals surface area contributed by atoms with E-state index >= 15 is 0 Å². The van der Waals surface area contributed by atoms with E-state index in [4.69, 9.17) is 0 Å². The van der Waals surface area contributed by atoms with Crippen LogP contribution in [0.3, 0.4) is 0 Å². The van der Waals surface area contributed by atoms with Gasteiger partial charge in [0, 0.05) is 33.1 Å². The Morgan fingerprint density at radius 3 is 2.38 bits per heavy atom. The molecule has 0 aliphatic carbocycles. The lowest BCUT2D eigenvalue weighted by molar-refractivity contribution is -0.130. The Morgan fingerprint density at radius 1 is 1.07 bits per heavy atom. The number of rotatable bonds is 3. The predicted molar refractivity (Wildman–Crippen MR) is 112 cm³/mol. The van der Waals surface area contributed by atoms with Gasteiger partial charge in [0.2, 0.25) is 5.91 Å². The first-order valence-corrected chi connectivity index (χ1v) is 10.3. The van der Waals surface area contributed by atoms with E-state index in [1.807, 2.05) is 37.3 Å². The van der Waals surface area contributed by atoms with Gasteiger partial charge in [0.15, 0.2) is 0 Å². The molecule has 1 fully saturated rings. The van der Waals surface area contributed by atoms with E-state index in [1.165, 1.54) is 11.3 Å². The minimum absolute atomic E-state index is 0.0262. The largest absolute Gasteiger partial charge is 0.339 e. The van der Waals surface area contributed by atoms with Gasteiger partial charge in [-0.25, -0.2) is 4.98 Å². The monoisotopic (exact) mass is 410 g/mol. The molecule has 2 aromatic heterocycles. The normalized spacial score (nSPS) is 14.4. The topological polar surface area (TPSA) is 75.5 Å². The average molecular weight is 410 g/mol. The Labute approximate surface area is 172 Å². The number of carbonyl (C=O) groups is 2. The number of nitrogens with zero attached hydrogens (tertiary/aromatic N) is 4. The predicted octanol–water partition coefficient (Wildman–Crippen LogP) is 2.12. The van der Waals surface area contributed by atoms with E-state index in [2.05, 4.69) is 4.98 Å². The lowest BCUT2D eigenvalue weighted by Crippen LogP contribution is -2.50. The summed E-state index contributed by atoms with van der Waals surface area (Å²) in [5.41, 5.74) is 1.57. The number of amides is 2. The van der Waals surface area contributed by atoms with Crippen molar-refractivity contribution in [3.8, 4) is 0 Å². The van der Waals surface area contributed by atoms with Gasteiger partial charge in [-0.05, 0) is 18.1 Å². The van der Waals surface area contributed by atoms with Crippen molar-refractivity contribution in [1.29, 1.82) is 0 Å². The summed E-state index contributed by atoms with van der Waals surface area (Å²) in [5, 5.41) is 0.513. The van der Waals surface area contributed by atoms with Crippen LogP contribution in [0.1, 0.15) is 27.7 Å². The number of benzene rings is 1. The van der Waals surface area contributed by atoms with E-state index in [9.17, 15) is 14.4 Å². The smallest absolute Gasteiger partial charge is 0.264 e. The van der Waals surface area contributed by atoms with Gasteiger partial charge in [0.25, 0.3) is 11.5 Å². The number of aryl methyl sites for hydroxylation is 1. The van der Waals surface area contributed by atoms with Crippen molar-refractivity contribution in [2.45, 2.75) is 20.4 Å². The third kappa shape index (κ3) is 3.67. The number of hydrogen-bond donors (Lipinski definition) is 0. The third-order valence-electron chi connectivity index (χ3n) is 5.32. The quantitative estimate of drug-likeness (QED) is 0.663. The van der Waals surface area contributed by atoms with Crippen molar-refractivity contribution in [1.82, 2.24) is 19.4 Å². The van der Waals surface area contributed by atoms with E-state index in [0.717, 1.165) is 5.56 Å². The SMILES string of the molecule is CC(=O)N1CCN(C(=O)c2sc3ncn(Cc4ccccc4)c(=O)c3c2C)CC1. The van der Waals surface area contributed by atoms with E-state index in [0.29, 0.717) is 53.4 Å². The highest BCUT2D eigenvalue weighted by Gasteiger charge is 2.27. The summed E-state index contributed by atoms with van der Waals surface area (Å²) in [5.74, 6) is -0.0685. The Morgan fingerprint density at radius 2 is 1.72 bits per heavy atom. The van der Waals surface area contributed by atoms with Crippen LogP contribution in [-0.2, 0) is 11.3 Å². The van der Waals surface area contributed by atoms with Crippen molar-refractivity contribution >= 4 is 33.4 Å². The van der Waals surface area contributed by atoms with Gasteiger partial charge in [0.05, 0.1) is 23.1 Å². The molecule has 0 spiro atoms. The number of fused-ring (bicyclic) bond motifs is 1. The molecule has 0 radical (unpaired) electrons. The first kappa shape index (κ1) is 19.3. The number of piperazine rings is 1. The summed E-state index contributed by atoms with van der Waals surface area (Å²) in [6.07, 6.45) is 1.55. The number of thiophene rings is 1. The highest BCUT2D eigenvalue weighted by Crippen LogP contribution is 2.28. The Hall–Kier alpha value is -3.00. The van der Waals surface area contributed by atoms with Crippen LogP contribution in [0, 0.1) is 6.92 Å². The molecule has 0 bridgehead atoms. The van der Waals surface area contributed by atoms with Crippen LogP contribution < -0.4 is 5.56 Å². The van der Waals surface area contributed by atoms with E-state index in [1.54, 1.807) is 27.6 Å². The second-order valence-electron chi connectivity index (χ2n) is 7.20. The third-order valence-corrected chi connectivity index (χ3v) is 6.51. The highest BCUT2D eigenvalue weighted by atomic mass is 32.1. The molecule has 3 heterocycles. The molecule has 7 nitrogen and oxygen atoms in total. The molecule has 0 N–H and O–H groups in total. The van der Waals surface area contributed by atoms with Gasteiger partial charge in [-0.3, -0.25) is 19.0 Å². The molecule has 0 saturated carbocycles. The molecule has 4 rings (SSSR count). The molecule has 150 valence electrons. The van der Waals surface area contributed by atoms with Crippen LogP contribution in [0.5, 0.6) is 0 Å². The molecule has 2 amide bonds. The fraction of sp³-hybridized carbons (Fsp3) is 0.333. The second kappa shape index (κ2) is 7.79. The molecule has 1 aromatic carbocycles. The van der Waals surface area contributed by atoms with Crippen molar-refractivity contribution in [2.75, 3.05) is 26.2 Å². The minimum Gasteiger partial charge on any atom is -0.339 e. The van der Waals surface area contributed by atoms with Crippen LogP contribution in [0.2, 0.25) is 0 Å². The van der Waals surface area contributed by atoms with Gasteiger partial charge < -0.3 is 9.80 Å².